The smallest absolute Gasteiger partial charge is 0.296 e. The number of ether oxygens (including phenoxy) is 1. The van der Waals surface area contributed by atoms with Crippen molar-refractivity contribution in [2.45, 2.75) is 12.6 Å². The Balaban J connectivity index is 1.86. The molecule has 1 aliphatic rings. The summed E-state index contributed by atoms with van der Waals surface area (Å²) < 4.78 is 10.6. The number of carbonyl (C=O) groups excluding carboxylic acids is 2. The van der Waals surface area contributed by atoms with Crippen molar-refractivity contribution >= 4 is 17.4 Å². The Morgan fingerprint density at radius 3 is 2.76 bits per heavy atom. The average Bonchev–Trinajstić information content (AvgIpc) is 3.36. The fourth-order valence-electron chi connectivity index (χ4n) is 3.42. The van der Waals surface area contributed by atoms with Crippen LogP contribution >= 0.6 is 0 Å². The predicted molar refractivity (Wildman–Crippen MR) is 104 cm³/mol. The van der Waals surface area contributed by atoms with Crippen LogP contribution < -0.4 is 4.74 Å². The van der Waals surface area contributed by atoms with Gasteiger partial charge < -0.3 is 19.2 Å². The van der Waals surface area contributed by atoms with Crippen molar-refractivity contribution in [1.82, 2.24) is 9.88 Å². The van der Waals surface area contributed by atoms with Crippen LogP contribution in [0.25, 0.3) is 5.76 Å². The molecule has 3 heterocycles. The lowest BCUT2D eigenvalue weighted by Crippen LogP contribution is -2.29. The molecular weight excluding hydrogens is 372 g/mol. The van der Waals surface area contributed by atoms with Crippen LogP contribution in [-0.2, 0) is 16.1 Å². The van der Waals surface area contributed by atoms with E-state index in [1.165, 1.54) is 18.3 Å². The van der Waals surface area contributed by atoms with Gasteiger partial charge in [-0.1, -0.05) is 18.2 Å². The summed E-state index contributed by atoms with van der Waals surface area (Å²) >= 11 is 0. The maximum absolute atomic E-state index is 12.9. The molecule has 146 valence electrons. The van der Waals surface area contributed by atoms with Gasteiger partial charge in [-0.25, -0.2) is 0 Å². The molecule has 0 radical (unpaired) electrons. The van der Waals surface area contributed by atoms with Crippen molar-refractivity contribution in [2.75, 3.05) is 7.11 Å². The van der Waals surface area contributed by atoms with Gasteiger partial charge in [0, 0.05) is 18.0 Å². The van der Waals surface area contributed by atoms with E-state index in [9.17, 15) is 14.7 Å². The maximum Gasteiger partial charge on any atom is 0.296 e. The molecule has 7 nitrogen and oxygen atoms in total. The number of Topliss-reactive ketones (excluding diaryl/α,β-unsaturated/α-hetero) is 1. The molecule has 2 aromatic heterocycles. The number of amides is 1. The number of aromatic nitrogens is 1. The van der Waals surface area contributed by atoms with E-state index in [2.05, 4.69) is 4.98 Å². The predicted octanol–water partition coefficient (Wildman–Crippen LogP) is 3.31. The summed E-state index contributed by atoms with van der Waals surface area (Å²) in [5.41, 5.74) is 1.000. The lowest BCUT2D eigenvalue weighted by Gasteiger charge is -2.24. The highest BCUT2D eigenvalue weighted by atomic mass is 16.5. The molecule has 1 fully saturated rings. The van der Waals surface area contributed by atoms with E-state index < -0.39 is 17.7 Å². The first-order valence-corrected chi connectivity index (χ1v) is 8.95. The molecule has 0 unspecified atom stereocenters. The van der Waals surface area contributed by atoms with E-state index in [1.807, 2.05) is 0 Å². The Labute approximate surface area is 166 Å². The Morgan fingerprint density at radius 2 is 2.07 bits per heavy atom. The molecule has 1 N–H and O–H groups in total. The van der Waals surface area contributed by atoms with Crippen LogP contribution in [0.1, 0.15) is 22.9 Å². The van der Waals surface area contributed by atoms with Gasteiger partial charge in [-0.3, -0.25) is 14.6 Å². The third-order valence-corrected chi connectivity index (χ3v) is 4.79. The monoisotopic (exact) mass is 390 g/mol. The van der Waals surface area contributed by atoms with Gasteiger partial charge in [0.25, 0.3) is 11.7 Å². The van der Waals surface area contributed by atoms with Gasteiger partial charge >= 0.3 is 0 Å². The standard InChI is InChI=1S/C22H18N2O5/c1-28-16-7-2-5-14(11-16)20(25)18-19(15-6-3-9-23-12-15)24(22(27)21(18)26)13-17-8-4-10-29-17/h2-12,19,25H,13H2,1H3/t19-/m0/s1. The summed E-state index contributed by atoms with van der Waals surface area (Å²) in [6.07, 6.45) is 4.68. The van der Waals surface area contributed by atoms with Crippen LogP contribution in [-0.4, -0.2) is 33.8 Å². The van der Waals surface area contributed by atoms with Gasteiger partial charge in [-0.2, -0.15) is 0 Å². The Kier molecular flexibility index (Phi) is 4.87. The van der Waals surface area contributed by atoms with Gasteiger partial charge in [-0.15, -0.1) is 0 Å². The number of ketones is 1. The zero-order chi connectivity index (χ0) is 20.4. The summed E-state index contributed by atoms with van der Waals surface area (Å²) in [7, 11) is 1.51. The molecule has 1 amide bonds. The summed E-state index contributed by atoms with van der Waals surface area (Å²) in [6, 6.07) is 12.8. The van der Waals surface area contributed by atoms with E-state index in [4.69, 9.17) is 9.15 Å². The molecule has 0 spiro atoms. The van der Waals surface area contributed by atoms with Crippen LogP contribution in [0.2, 0.25) is 0 Å². The van der Waals surface area contributed by atoms with E-state index in [0.29, 0.717) is 22.6 Å². The first-order chi connectivity index (χ1) is 14.1. The van der Waals surface area contributed by atoms with Crippen LogP contribution in [0.15, 0.2) is 77.2 Å². The minimum atomic E-state index is -0.792. The SMILES string of the molecule is COc1cccc(C(O)=C2C(=O)C(=O)N(Cc3ccco3)[C@H]2c2cccnc2)c1. The number of hydrogen-bond donors (Lipinski definition) is 1. The first kappa shape index (κ1) is 18.5. The molecule has 1 aromatic carbocycles. The van der Waals surface area contributed by atoms with E-state index in [-0.39, 0.29) is 17.9 Å². The quantitative estimate of drug-likeness (QED) is 0.408. The summed E-state index contributed by atoms with van der Waals surface area (Å²) in [6.45, 7) is 0.0893. The largest absolute Gasteiger partial charge is 0.507 e. The van der Waals surface area contributed by atoms with E-state index >= 15 is 0 Å². The molecule has 0 bridgehead atoms. The highest BCUT2D eigenvalue weighted by Crippen LogP contribution is 2.40. The van der Waals surface area contributed by atoms with Crippen LogP contribution in [0.3, 0.4) is 0 Å². The first-order valence-electron chi connectivity index (χ1n) is 8.95. The number of benzene rings is 1. The molecule has 3 aromatic rings. The number of aliphatic hydroxyl groups is 1. The van der Waals surface area contributed by atoms with Crippen molar-refractivity contribution in [1.29, 1.82) is 0 Å². The normalized spacial score (nSPS) is 18.2. The third kappa shape index (κ3) is 3.38. The number of pyridine rings is 1. The molecule has 1 atom stereocenters. The molecule has 4 rings (SSSR count). The fourth-order valence-corrected chi connectivity index (χ4v) is 3.42. The molecular formula is C22H18N2O5. The van der Waals surface area contributed by atoms with Gasteiger partial charge in [-0.05, 0) is 35.9 Å². The maximum atomic E-state index is 12.9. The third-order valence-electron chi connectivity index (χ3n) is 4.79. The van der Waals surface area contributed by atoms with Gasteiger partial charge in [0.2, 0.25) is 0 Å². The summed E-state index contributed by atoms with van der Waals surface area (Å²) in [4.78, 5) is 31.2. The van der Waals surface area contributed by atoms with Crippen molar-refractivity contribution in [3.63, 3.8) is 0 Å². The van der Waals surface area contributed by atoms with Crippen molar-refractivity contribution in [3.05, 3.63) is 89.6 Å². The van der Waals surface area contributed by atoms with Gasteiger partial charge in [0.1, 0.15) is 17.3 Å². The van der Waals surface area contributed by atoms with Crippen molar-refractivity contribution in [2.24, 2.45) is 0 Å². The Morgan fingerprint density at radius 1 is 1.21 bits per heavy atom. The number of carbonyl (C=O) groups is 2. The fraction of sp³-hybridized carbons (Fsp3) is 0.136. The minimum absolute atomic E-state index is 0.00260. The van der Waals surface area contributed by atoms with Crippen molar-refractivity contribution in [3.8, 4) is 5.75 Å². The lowest BCUT2D eigenvalue weighted by molar-refractivity contribution is -0.140. The Hall–Kier alpha value is -3.87. The number of likely N-dealkylation sites (tertiary alicyclic amines) is 1. The molecule has 0 saturated carbocycles. The average molecular weight is 390 g/mol. The zero-order valence-corrected chi connectivity index (χ0v) is 15.6. The number of hydrogen-bond acceptors (Lipinski definition) is 6. The molecule has 7 heteroatoms. The minimum Gasteiger partial charge on any atom is -0.507 e. The zero-order valence-electron chi connectivity index (χ0n) is 15.6. The lowest BCUT2D eigenvalue weighted by atomic mass is 9.96. The van der Waals surface area contributed by atoms with E-state index in [0.717, 1.165) is 0 Å². The number of rotatable bonds is 5. The second kappa shape index (κ2) is 7.63. The topological polar surface area (TPSA) is 92.9 Å². The van der Waals surface area contributed by atoms with Crippen LogP contribution in [0.4, 0.5) is 0 Å². The molecule has 1 aliphatic heterocycles. The summed E-state index contributed by atoms with van der Waals surface area (Å²) in [5.74, 6) is -0.678. The molecule has 0 aliphatic carbocycles. The molecule has 1 saturated heterocycles. The number of aliphatic hydroxyl groups excluding tert-OH is 1. The van der Waals surface area contributed by atoms with E-state index in [1.54, 1.807) is 60.9 Å². The Bertz CT molecular complexity index is 1070. The number of furan rings is 1. The summed E-state index contributed by atoms with van der Waals surface area (Å²) in [5, 5.41) is 11.0. The second-order valence-electron chi connectivity index (χ2n) is 6.52. The highest BCUT2D eigenvalue weighted by molar-refractivity contribution is 6.46. The van der Waals surface area contributed by atoms with Crippen molar-refractivity contribution < 1.29 is 23.8 Å². The number of methoxy groups -OCH3 is 1. The number of nitrogens with zero attached hydrogens (tertiary/aromatic N) is 2. The molecule has 29 heavy (non-hydrogen) atoms. The highest BCUT2D eigenvalue weighted by Gasteiger charge is 2.46. The van der Waals surface area contributed by atoms with Gasteiger partial charge in [0.15, 0.2) is 0 Å². The van der Waals surface area contributed by atoms with Gasteiger partial charge in [0.05, 0.1) is 31.5 Å². The second-order valence-corrected chi connectivity index (χ2v) is 6.52. The van der Waals surface area contributed by atoms with Crippen LogP contribution in [0.5, 0.6) is 5.75 Å². The van der Waals surface area contributed by atoms with Crippen LogP contribution in [0, 0.1) is 0 Å².